The highest BCUT2D eigenvalue weighted by atomic mass is 16.5. The molecule has 0 heterocycles. The monoisotopic (exact) mass is 239 g/mol. The first-order valence-corrected chi connectivity index (χ1v) is 5.65. The highest BCUT2D eigenvalue weighted by Gasteiger charge is 2.04. The molecule has 1 aromatic carbocycles. The number of benzene rings is 1. The molecule has 1 aromatic rings. The zero-order valence-electron chi connectivity index (χ0n) is 10.9. The summed E-state index contributed by atoms with van der Waals surface area (Å²) in [5.74, 6) is 1.51. The summed E-state index contributed by atoms with van der Waals surface area (Å²) in [7, 11) is 4.99. The van der Waals surface area contributed by atoms with Crippen LogP contribution < -0.4 is 14.8 Å². The number of hydrogen-bond acceptors (Lipinski definition) is 4. The molecule has 0 aromatic heterocycles. The van der Waals surface area contributed by atoms with Crippen molar-refractivity contribution in [2.24, 2.45) is 0 Å². The van der Waals surface area contributed by atoms with Crippen LogP contribution in [0.5, 0.6) is 11.5 Å². The lowest BCUT2D eigenvalue weighted by Crippen LogP contribution is -2.25. The minimum atomic E-state index is 0.218. The van der Waals surface area contributed by atoms with Crippen LogP contribution in [0.15, 0.2) is 18.2 Å². The summed E-state index contributed by atoms with van der Waals surface area (Å²) >= 11 is 0. The first kappa shape index (κ1) is 13.8. The van der Waals surface area contributed by atoms with Gasteiger partial charge in [-0.3, -0.25) is 0 Å². The Bertz CT molecular complexity index is 341. The largest absolute Gasteiger partial charge is 0.493 e. The lowest BCUT2D eigenvalue weighted by Gasteiger charge is -2.12. The van der Waals surface area contributed by atoms with Gasteiger partial charge in [-0.25, -0.2) is 0 Å². The second-order valence-corrected chi connectivity index (χ2v) is 3.87. The maximum atomic E-state index is 5.25. The van der Waals surface area contributed by atoms with Crippen LogP contribution in [-0.2, 0) is 11.3 Å². The molecule has 1 rings (SSSR count). The molecule has 4 heteroatoms. The van der Waals surface area contributed by atoms with E-state index in [-0.39, 0.29) is 6.10 Å². The van der Waals surface area contributed by atoms with Crippen molar-refractivity contribution in [2.75, 3.05) is 27.9 Å². The lowest BCUT2D eigenvalue weighted by atomic mass is 10.2. The van der Waals surface area contributed by atoms with Gasteiger partial charge in [0.1, 0.15) is 0 Å². The van der Waals surface area contributed by atoms with Crippen molar-refractivity contribution in [1.29, 1.82) is 0 Å². The van der Waals surface area contributed by atoms with Crippen molar-refractivity contribution in [2.45, 2.75) is 19.6 Å². The quantitative estimate of drug-likeness (QED) is 0.788. The van der Waals surface area contributed by atoms with E-state index in [1.165, 1.54) is 0 Å². The van der Waals surface area contributed by atoms with E-state index in [0.29, 0.717) is 0 Å². The third-order valence-electron chi connectivity index (χ3n) is 2.61. The second-order valence-electron chi connectivity index (χ2n) is 3.87. The molecule has 0 saturated carbocycles. The molecule has 1 N–H and O–H groups in total. The van der Waals surface area contributed by atoms with Gasteiger partial charge < -0.3 is 19.5 Å². The van der Waals surface area contributed by atoms with E-state index in [2.05, 4.69) is 5.32 Å². The summed E-state index contributed by atoms with van der Waals surface area (Å²) in [5.41, 5.74) is 1.16. The van der Waals surface area contributed by atoms with Gasteiger partial charge in [0, 0.05) is 20.2 Å². The molecule has 1 atom stereocenters. The summed E-state index contributed by atoms with van der Waals surface area (Å²) in [5, 5.41) is 3.32. The Morgan fingerprint density at radius 2 is 1.82 bits per heavy atom. The highest BCUT2D eigenvalue weighted by Crippen LogP contribution is 2.27. The van der Waals surface area contributed by atoms with Gasteiger partial charge >= 0.3 is 0 Å². The van der Waals surface area contributed by atoms with Crippen LogP contribution in [0.25, 0.3) is 0 Å². The summed E-state index contributed by atoms with van der Waals surface area (Å²) < 4.78 is 15.6. The fraction of sp³-hybridized carbons (Fsp3) is 0.538. The van der Waals surface area contributed by atoms with Crippen molar-refractivity contribution in [1.82, 2.24) is 5.32 Å². The Labute approximate surface area is 103 Å². The number of methoxy groups -OCH3 is 3. The number of nitrogens with one attached hydrogen (secondary N) is 1. The van der Waals surface area contributed by atoms with Crippen LogP contribution in [-0.4, -0.2) is 34.0 Å². The molecule has 0 fully saturated rings. The van der Waals surface area contributed by atoms with E-state index < -0.39 is 0 Å². The van der Waals surface area contributed by atoms with Crippen molar-refractivity contribution in [3.8, 4) is 11.5 Å². The van der Waals surface area contributed by atoms with Crippen molar-refractivity contribution >= 4 is 0 Å². The maximum absolute atomic E-state index is 5.25. The first-order valence-electron chi connectivity index (χ1n) is 5.65. The Hall–Kier alpha value is -1.26. The van der Waals surface area contributed by atoms with E-state index in [0.717, 1.165) is 30.2 Å². The van der Waals surface area contributed by atoms with Gasteiger partial charge in [-0.15, -0.1) is 0 Å². The van der Waals surface area contributed by atoms with Gasteiger partial charge in [0.2, 0.25) is 0 Å². The molecule has 96 valence electrons. The third-order valence-corrected chi connectivity index (χ3v) is 2.61. The molecular formula is C13H21NO3. The Balaban J connectivity index is 2.54. The molecule has 17 heavy (non-hydrogen) atoms. The molecular weight excluding hydrogens is 218 g/mol. The van der Waals surface area contributed by atoms with Crippen LogP contribution in [0.1, 0.15) is 12.5 Å². The van der Waals surface area contributed by atoms with Crippen LogP contribution in [0.3, 0.4) is 0 Å². The summed E-state index contributed by atoms with van der Waals surface area (Å²) in [4.78, 5) is 0. The Kier molecular flexibility index (Phi) is 5.80. The number of rotatable bonds is 7. The first-order chi connectivity index (χ1) is 8.21. The molecule has 0 aliphatic carbocycles. The van der Waals surface area contributed by atoms with Gasteiger partial charge in [-0.2, -0.15) is 0 Å². The lowest BCUT2D eigenvalue weighted by molar-refractivity contribution is 0.117. The minimum absolute atomic E-state index is 0.218. The van der Waals surface area contributed by atoms with Gasteiger partial charge in [-0.05, 0) is 24.6 Å². The summed E-state index contributed by atoms with van der Waals surface area (Å²) in [6.07, 6.45) is 0.218. The molecule has 0 aliphatic heterocycles. The van der Waals surface area contributed by atoms with E-state index in [4.69, 9.17) is 14.2 Å². The average molecular weight is 239 g/mol. The molecule has 0 spiro atoms. The Morgan fingerprint density at radius 3 is 2.41 bits per heavy atom. The molecule has 1 unspecified atom stereocenters. The van der Waals surface area contributed by atoms with E-state index >= 15 is 0 Å². The van der Waals surface area contributed by atoms with E-state index in [1.807, 2.05) is 25.1 Å². The van der Waals surface area contributed by atoms with Gasteiger partial charge in [0.15, 0.2) is 11.5 Å². The fourth-order valence-corrected chi connectivity index (χ4v) is 1.49. The smallest absolute Gasteiger partial charge is 0.161 e. The topological polar surface area (TPSA) is 39.7 Å². The number of ether oxygens (including phenoxy) is 3. The molecule has 0 amide bonds. The van der Waals surface area contributed by atoms with Gasteiger partial charge in [0.25, 0.3) is 0 Å². The van der Waals surface area contributed by atoms with Crippen LogP contribution in [0.4, 0.5) is 0 Å². The molecule has 0 bridgehead atoms. The van der Waals surface area contributed by atoms with Gasteiger partial charge in [-0.1, -0.05) is 6.07 Å². The molecule has 4 nitrogen and oxygen atoms in total. The zero-order chi connectivity index (χ0) is 12.7. The Morgan fingerprint density at radius 1 is 1.12 bits per heavy atom. The fourth-order valence-electron chi connectivity index (χ4n) is 1.49. The predicted molar refractivity (Wildman–Crippen MR) is 67.7 cm³/mol. The van der Waals surface area contributed by atoms with E-state index in [9.17, 15) is 0 Å². The normalized spacial score (nSPS) is 12.2. The molecule has 0 radical (unpaired) electrons. The maximum Gasteiger partial charge on any atom is 0.161 e. The second kappa shape index (κ2) is 7.14. The highest BCUT2D eigenvalue weighted by molar-refractivity contribution is 5.42. The van der Waals surface area contributed by atoms with Crippen molar-refractivity contribution in [3.05, 3.63) is 23.8 Å². The van der Waals surface area contributed by atoms with Crippen molar-refractivity contribution < 1.29 is 14.2 Å². The SMILES string of the molecule is COc1ccc(CNCC(C)OC)cc1OC. The average Bonchev–Trinajstić information content (AvgIpc) is 2.38. The minimum Gasteiger partial charge on any atom is -0.493 e. The third kappa shape index (κ3) is 4.24. The molecule has 0 saturated heterocycles. The molecule has 0 aliphatic rings. The standard InChI is InChI=1S/C13H21NO3/c1-10(15-2)8-14-9-11-5-6-12(16-3)13(7-11)17-4/h5-7,10,14H,8-9H2,1-4H3. The van der Waals surface area contributed by atoms with Crippen LogP contribution in [0.2, 0.25) is 0 Å². The van der Waals surface area contributed by atoms with Crippen LogP contribution >= 0.6 is 0 Å². The number of hydrogen-bond donors (Lipinski definition) is 1. The zero-order valence-corrected chi connectivity index (χ0v) is 10.9. The van der Waals surface area contributed by atoms with Crippen molar-refractivity contribution in [3.63, 3.8) is 0 Å². The summed E-state index contributed by atoms with van der Waals surface area (Å²) in [6.45, 7) is 3.64. The van der Waals surface area contributed by atoms with E-state index in [1.54, 1.807) is 21.3 Å². The van der Waals surface area contributed by atoms with Gasteiger partial charge in [0.05, 0.1) is 20.3 Å². The van der Waals surface area contributed by atoms with Crippen LogP contribution in [0, 0.1) is 0 Å². The predicted octanol–water partition coefficient (Wildman–Crippen LogP) is 1.83. The summed E-state index contributed by atoms with van der Waals surface area (Å²) in [6, 6.07) is 5.91.